The molecule has 4 nitrogen and oxygen atoms in total. The van der Waals surface area contributed by atoms with Crippen LogP contribution in [0.1, 0.15) is 20.9 Å². The molecular weight excluding hydrogens is 212 g/mol. The Morgan fingerprint density at radius 2 is 2.40 bits per heavy atom. The van der Waals surface area contributed by atoms with Crippen LogP contribution in [0.5, 0.6) is 0 Å². The monoisotopic (exact) mass is 220 g/mol. The Kier molecular flexibility index (Phi) is 2.24. The molecule has 5 heteroatoms. The average molecular weight is 220 g/mol. The molecule has 0 aliphatic rings. The van der Waals surface area contributed by atoms with E-state index in [4.69, 9.17) is 5.11 Å². The third kappa shape index (κ3) is 1.50. The van der Waals surface area contributed by atoms with Crippen molar-refractivity contribution in [3.05, 3.63) is 28.9 Å². The minimum absolute atomic E-state index is 0.141. The summed E-state index contributed by atoms with van der Waals surface area (Å²) in [4.78, 5) is 20.0. The van der Waals surface area contributed by atoms with Crippen LogP contribution in [-0.4, -0.2) is 21.0 Å². The topological polar surface area (TPSA) is 63.1 Å². The predicted octanol–water partition coefficient (Wildman–Crippen LogP) is 2.34. The van der Waals surface area contributed by atoms with E-state index in [0.717, 1.165) is 9.84 Å². The number of aromatic nitrogens is 2. The van der Waals surface area contributed by atoms with Crippen molar-refractivity contribution >= 4 is 33.7 Å². The summed E-state index contributed by atoms with van der Waals surface area (Å²) in [6.07, 6.45) is 2.85. The highest BCUT2D eigenvalue weighted by molar-refractivity contribution is 7.18. The molecule has 0 radical (unpaired) electrons. The Balaban J connectivity index is 2.86. The van der Waals surface area contributed by atoms with Gasteiger partial charge in [0.05, 0.1) is 10.6 Å². The van der Waals surface area contributed by atoms with Crippen molar-refractivity contribution in [3.63, 3.8) is 0 Å². The number of aromatic carboxylic acids is 1. The summed E-state index contributed by atoms with van der Waals surface area (Å²) >= 11 is 1.44. The lowest BCUT2D eigenvalue weighted by Gasteiger charge is -1.99. The van der Waals surface area contributed by atoms with E-state index in [0.29, 0.717) is 11.1 Å². The second-order valence-corrected chi connectivity index (χ2v) is 4.16. The Labute approximate surface area is 89.9 Å². The van der Waals surface area contributed by atoms with Crippen LogP contribution in [0.4, 0.5) is 0 Å². The molecule has 2 aromatic rings. The number of thiazole rings is 1. The molecule has 1 N–H and O–H groups in total. The van der Waals surface area contributed by atoms with Crippen molar-refractivity contribution in [2.45, 2.75) is 6.92 Å². The maximum Gasteiger partial charge on any atom is 0.337 e. The minimum Gasteiger partial charge on any atom is -0.478 e. The molecule has 76 valence electrons. The summed E-state index contributed by atoms with van der Waals surface area (Å²) in [5.41, 5.74) is 1.30. The first-order chi connectivity index (χ1) is 7.13. The smallest absolute Gasteiger partial charge is 0.337 e. The molecule has 0 fully saturated rings. The maximum absolute atomic E-state index is 10.9. The van der Waals surface area contributed by atoms with Crippen LogP contribution in [0.15, 0.2) is 12.8 Å². The van der Waals surface area contributed by atoms with Crippen LogP contribution in [0.2, 0.25) is 0 Å². The molecule has 0 spiro atoms. The van der Waals surface area contributed by atoms with Gasteiger partial charge in [0.2, 0.25) is 0 Å². The van der Waals surface area contributed by atoms with E-state index in [1.807, 2.05) is 6.92 Å². The van der Waals surface area contributed by atoms with Crippen LogP contribution >= 0.6 is 11.3 Å². The first-order valence-corrected chi connectivity index (χ1v) is 5.07. The van der Waals surface area contributed by atoms with Gasteiger partial charge in [0.25, 0.3) is 0 Å². The largest absolute Gasteiger partial charge is 0.478 e. The lowest BCUT2D eigenvalue weighted by atomic mass is 10.1. The SMILES string of the molecule is C=Cc1c(C(=O)O)cnc2sc(C)nc12. The maximum atomic E-state index is 10.9. The third-order valence-corrected chi connectivity index (χ3v) is 2.89. The molecule has 0 atom stereocenters. The fourth-order valence-corrected chi connectivity index (χ4v) is 2.15. The van der Waals surface area contributed by atoms with Crippen LogP contribution in [-0.2, 0) is 0 Å². The van der Waals surface area contributed by atoms with Crippen molar-refractivity contribution in [3.8, 4) is 0 Å². The first-order valence-electron chi connectivity index (χ1n) is 4.25. The van der Waals surface area contributed by atoms with Gasteiger partial charge in [-0.3, -0.25) is 0 Å². The fraction of sp³-hybridized carbons (Fsp3) is 0.100. The van der Waals surface area contributed by atoms with Gasteiger partial charge >= 0.3 is 5.97 Å². The number of fused-ring (bicyclic) bond motifs is 1. The zero-order valence-corrected chi connectivity index (χ0v) is 8.84. The number of carbonyl (C=O) groups is 1. The lowest BCUT2D eigenvalue weighted by Crippen LogP contribution is -2.01. The van der Waals surface area contributed by atoms with Crippen molar-refractivity contribution in [1.82, 2.24) is 9.97 Å². The van der Waals surface area contributed by atoms with Crippen molar-refractivity contribution in [1.29, 1.82) is 0 Å². The predicted molar refractivity (Wildman–Crippen MR) is 59.2 cm³/mol. The highest BCUT2D eigenvalue weighted by Gasteiger charge is 2.14. The molecule has 0 saturated heterocycles. The highest BCUT2D eigenvalue weighted by Crippen LogP contribution is 2.25. The Hall–Kier alpha value is -1.75. The van der Waals surface area contributed by atoms with E-state index in [-0.39, 0.29) is 5.56 Å². The van der Waals surface area contributed by atoms with E-state index in [2.05, 4.69) is 16.5 Å². The summed E-state index contributed by atoms with van der Waals surface area (Å²) in [6, 6.07) is 0. The molecule has 0 aliphatic carbocycles. The quantitative estimate of drug-likeness (QED) is 0.843. The Morgan fingerprint density at radius 1 is 1.67 bits per heavy atom. The molecule has 0 saturated carbocycles. The van der Waals surface area contributed by atoms with Crippen LogP contribution in [0.3, 0.4) is 0 Å². The van der Waals surface area contributed by atoms with E-state index < -0.39 is 5.97 Å². The van der Waals surface area contributed by atoms with Gasteiger partial charge in [-0.2, -0.15) is 0 Å². The molecule has 0 aromatic carbocycles. The standard InChI is InChI=1S/C10H8N2O2S/c1-3-6-7(10(13)14)4-11-9-8(6)12-5(2)15-9/h3-4H,1H2,2H3,(H,13,14). The van der Waals surface area contributed by atoms with Gasteiger partial charge in [0, 0.05) is 11.8 Å². The Morgan fingerprint density at radius 3 is 3.00 bits per heavy atom. The number of carboxylic acid groups (broad SMARTS) is 1. The molecule has 0 bridgehead atoms. The highest BCUT2D eigenvalue weighted by atomic mass is 32.1. The van der Waals surface area contributed by atoms with Gasteiger partial charge in [0.1, 0.15) is 10.3 Å². The minimum atomic E-state index is -1.01. The van der Waals surface area contributed by atoms with Gasteiger partial charge < -0.3 is 5.11 Å². The van der Waals surface area contributed by atoms with Gasteiger partial charge in [-0.15, -0.1) is 0 Å². The van der Waals surface area contributed by atoms with Crippen molar-refractivity contribution < 1.29 is 9.90 Å². The number of rotatable bonds is 2. The van der Waals surface area contributed by atoms with Crippen LogP contribution in [0.25, 0.3) is 16.4 Å². The second-order valence-electron chi connectivity index (χ2n) is 2.98. The zero-order valence-electron chi connectivity index (χ0n) is 8.02. The number of carboxylic acids is 1. The number of hydrogen-bond donors (Lipinski definition) is 1. The van der Waals surface area contributed by atoms with E-state index in [1.54, 1.807) is 0 Å². The number of hydrogen-bond acceptors (Lipinski definition) is 4. The van der Waals surface area contributed by atoms with Gasteiger partial charge in [-0.1, -0.05) is 24.0 Å². The fourth-order valence-electron chi connectivity index (χ4n) is 1.38. The molecule has 0 amide bonds. The van der Waals surface area contributed by atoms with Crippen LogP contribution < -0.4 is 0 Å². The number of aryl methyl sites for hydroxylation is 1. The van der Waals surface area contributed by atoms with E-state index in [1.165, 1.54) is 23.6 Å². The van der Waals surface area contributed by atoms with Gasteiger partial charge in [0.15, 0.2) is 0 Å². The summed E-state index contributed by atoms with van der Waals surface area (Å²) in [7, 11) is 0. The number of nitrogens with zero attached hydrogens (tertiary/aromatic N) is 2. The summed E-state index contributed by atoms with van der Waals surface area (Å²) < 4.78 is 0. The average Bonchev–Trinajstić information content (AvgIpc) is 2.55. The summed E-state index contributed by atoms with van der Waals surface area (Å²) in [5.74, 6) is -1.01. The van der Waals surface area contributed by atoms with Crippen LogP contribution in [0, 0.1) is 6.92 Å². The summed E-state index contributed by atoms with van der Waals surface area (Å²) in [6.45, 7) is 5.47. The molecule has 0 unspecified atom stereocenters. The van der Waals surface area contributed by atoms with Gasteiger partial charge in [-0.05, 0) is 6.92 Å². The molecule has 2 rings (SSSR count). The normalized spacial score (nSPS) is 10.5. The zero-order chi connectivity index (χ0) is 11.0. The third-order valence-electron chi connectivity index (χ3n) is 2.01. The van der Waals surface area contributed by atoms with Crippen molar-refractivity contribution in [2.24, 2.45) is 0 Å². The first kappa shape index (κ1) is 9.79. The lowest BCUT2D eigenvalue weighted by molar-refractivity contribution is 0.0696. The molecule has 2 heterocycles. The van der Waals surface area contributed by atoms with E-state index >= 15 is 0 Å². The van der Waals surface area contributed by atoms with Crippen molar-refractivity contribution in [2.75, 3.05) is 0 Å². The Bertz CT molecular complexity index is 560. The molecule has 2 aromatic heterocycles. The summed E-state index contributed by atoms with van der Waals surface area (Å²) in [5, 5.41) is 9.81. The van der Waals surface area contributed by atoms with Gasteiger partial charge in [-0.25, -0.2) is 14.8 Å². The number of pyridine rings is 1. The van der Waals surface area contributed by atoms with E-state index in [9.17, 15) is 4.79 Å². The second kappa shape index (κ2) is 3.43. The molecule has 0 aliphatic heterocycles. The molecular formula is C10H8N2O2S. The molecule has 15 heavy (non-hydrogen) atoms.